The maximum atomic E-state index is 13.2. The maximum Gasteiger partial charge on any atom is 0.293 e. The number of nitro benzene ring substituents is 1. The molecular formula is C14H11BrF2N2O2. The average molecular weight is 357 g/mol. The van der Waals surface area contributed by atoms with Gasteiger partial charge in [0.25, 0.3) is 5.69 Å². The summed E-state index contributed by atoms with van der Waals surface area (Å²) in [4.78, 5) is 10.5. The zero-order valence-electron chi connectivity index (χ0n) is 10.9. The van der Waals surface area contributed by atoms with Crippen molar-refractivity contribution in [3.63, 3.8) is 0 Å². The smallest absolute Gasteiger partial charge is 0.293 e. The monoisotopic (exact) mass is 356 g/mol. The summed E-state index contributed by atoms with van der Waals surface area (Å²) in [5.41, 5.74) is 0.699. The topological polar surface area (TPSA) is 55.2 Å². The zero-order valence-corrected chi connectivity index (χ0v) is 12.5. The molecule has 7 heteroatoms. The number of rotatable bonds is 4. The fourth-order valence-electron chi connectivity index (χ4n) is 1.88. The Labute approximate surface area is 128 Å². The maximum absolute atomic E-state index is 13.2. The van der Waals surface area contributed by atoms with Crippen LogP contribution in [0.15, 0.2) is 40.9 Å². The Bertz CT molecular complexity index is 695. The molecule has 0 fully saturated rings. The molecule has 2 aromatic rings. The molecule has 110 valence electrons. The van der Waals surface area contributed by atoms with Gasteiger partial charge in [0.05, 0.1) is 4.92 Å². The molecular weight excluding hydrogens is 346 g/mol. The summed E-state index contributed by atoms with van der Waals surface area (Å²) in [7, 11) is 0. The van der Waals surface area contributed by atoms with Gasteiger partial charge in [0.15, 0.2) is 11.6 Å². The first-order chi connectivity index (χ1) is 9.88. The Morgan fingerprint density at radius 1 is 1.19 bits per heavy atom. The van der Waals surface area contributed by atoms with Crippen LogP contribution in [0.2, 0.25) is 0 Å². The number of benzene rings is 2. The Morgan fingerprint density at radius 2 is 1.90 bits per heavy atom. The van der Waals surface area contributed by atoms with Crippen LogP contribution in [-0.4, -0.2) is 4.92 Å². The third kappa shape index (κ3) is 3.55. The van der Waals surface area contributed by atoms with Gasteiger partial charge in [-0.3, -0.25) is 10.1 Å². The van der Waals surface area contributed by atoms with Gasteiger partial charge >= 0.3 is 0 Å². The van der Waals surface area contributed by atoms with Crippen molar-refractivity contribution in [1.29, 1.82) is 0 Å². The van der Waals surface area contributed by atoms with Crippen molar-refractivity contribution in [2.24, 2.45) is 0 Å². The lowest BCUT2D eigenvalue weighted by molar-refractivity contribution is -0.384. The Kier molecular flexibility index (Phi) is 4.52. The molecule has 2 rings (SSSR count). The summed E-state index contributed by atoms with van der Waals surface area (Å²) < 4.78 is 26.7. The van der Waals surface area contributed by atoms with Gasteiger partial charge < -0.3 is 5.32 Å². The Balaban J connectivity index is 2.29. The van der Waals surface area contributed by atoms with Gasteiger partial charge in [0.2, 0.25) is 0 Å². The van der Waals surface area contributed by atoms with Crippen molar-refractivity contribution >= 4 is 27.3 Å². The number of anilines is 1. The Morgan fingerprint density at radius 3 is 2.52 bits per heavy atom. The predicted octanol–water partition coefficient (Wildman–Crippen LogP) is 4.81. The first-order valence-electron chi connectivity index (χ1n) is 6.04. The van der Waals surface area contributed by atoms with Crippen molar-refractivity contribution in [3.05, 3.63) is 68.2 Å². The zero-order chi connectivity index (χ0) is 15.6. The molecule has 1 atom stereocenters. The van der Waals surface area contributed by atoms with E-state index >= 15 is 0 Å². The molecule has 0 aliphatic carbocycles. The normalized spacial score (nSPS) is 12.0. The molecule has 0 radical (unpaired) electrons. The highest BCUT2D eigenvalue weighted by Crippen LogP contribution is 2.31. The van der Waals surface area contributed by atoms with Gasteiger partial charge in [-0.1, -0.05) is 22.0 Å². The highest BCUT2D eigenvalue weighted by molar-refractivity contribution is 9.10. The largest absolute Gasteiger partial charge is 0.373 e. The van der Waals surface area contributed by atoms with Gasteiger partial charge in [-0.25, -0.2) is 8.78 Å². The molecule has 1 unspecified atom stereocenters. The van der Waals surface area contributed by atoms with Gasteiger partial charge in [-0.2, -0.15) is 0 Å². The second kappa shape index (κ2) is 6.17. The SMILES string of the molecule is CC(Nc1ccc(Br)cc1[N+](=O)[O-])c1ccc(F)c(F)c1. The van der Waals surface area contributed by atoms with E-state index in [1.165, 1.54) is 12.1 Å². The number of nitro groups is 1. The van der Waals surface area contributed by atoms with Gasteiger partial charge in [0.1, 0.15) is 5.69 Å². The average Bonchev–Trinajstić information content (AvgIpc) is 2.43. The van der Waals surface area contributed by atoms with Crippen LogP contribution >= 0.6 is 15.9 Å². The lowest BCUT2D eigenvalue weighted by atomic mass is 10.1. The summed E-state index contributed by atoms with van der Waals surface area (Å²) >= 11 is 3.17. The van der Waals surface area contributed by atoms with Crippen molar-refractivity contribution in [2.45, 2.75) is 13.0 Å². The van der Waals surface area contributed by atoms with Crippen LogP contribution in [0.1, 0.15) is 18.5 Å². The molecule has 0 aliphatic rings. The molecule has 0 bridgehead atoms. The van der Waals surface area contributed by atoms with Gasteiger partial charge in [0, 0.05) is 16.6 Å². The molecule has 0 saturated carbocycles. The van der Waals surface area contributed by atoms with Crippen LogP contribution in [-0.2, 0) is 0 Å². The van der Waals surface area contributed by atoms with Crippen molar-refractivity contribution < 1.29 is 13.7 Å². The fourth-order valence-corrected chi connectivity index (χ4v) is 2.23. The summed E-state index contributed by atoms with van der Waals surface area (Å²) in [6, 6.07) is 7.70. The van der Waals surface area contributed by atoms with E-state index in [2.05, 4.69) is 21.2 Å². The van der Waals surface area contributed by atoms with Crippen LogP contribution in [0.4, 0.5) is 20.2 Å². The van der Waals surface area contributed by atoms with E-state index in [1.807, 2.05) is 0 Å². The van der Waals surface area contributed by atoms with Crippen molar-refractivity contribution in [2.75, 3.05) is 5.32 Å². The molecule has 2 aromatic carbocycles. The molecule has 1 N–H and O–H groups in total. The van der Waals surface area contributed by atoms with E-state index < -0.39 is 22.6 Å². The first-order valence-corrected chi connectivity index (χ1v) is 6.83. The van der Waals surface area contributed by atoms with E-state index in [1.54, 1.807) is 19.1 Å². The number of nitrogens with zero attached hydrogens (tertiary/aromatic N) is 1. The fraction of sp³-hybridized carbons (Fsp3) is 0.143. The molecule has 0 spiro atoms. The molecule has 0 aliphatic heterocycles. The molecule has 0 amide bonds. The molecule has 0 saturated heterocycles. The third-order valence-corrected chi connectivity index (χ3v) is 3.47. The summed E-state index contributed by atoms with van der Waals surface area (Å²) in [6.07, 6.45) is 0. The molecule has 0 heterocycles. The number of nitrogens with one attached hydrogen (secondary N) is 1. The highest BCUT2D eigenvalue weighted by atomic mass is 79.9. The second-order valence-corrected chi connectivity index (χ2v) is 5.37. The molecule has 4 nitrogen and oxygen atoms in total. The Hall–Kier alpha value is -2.02. The van der Waals surface area contributed by atoms with E-state index in [0.29, 0.717) is 15.7 Å². The third-order valence-electron chi connectivity index (χ3n) is 2.97. The van der Waals surface area contributed by atoms with E-state index in [9.17, 15) is 18.9 Å². The van der Waals surface area contributed by atoms with Crippen LogP contribution in [0, 0.1) is 21.7 Å². The standard InChI is InChI=1S/C14H11BrF2N2O2/c1-8(9-2-4-11(16)12(17)6-9)18-13-5-3-10(15)7-14(13)19(20)21/h2-8,18H,1H3. The summed E-state index contributed by atoms with van der Waals surface area (Å²) in [5, 5.41) is 14.0. The minimum atomic E-state index is -0.952. The minimum absolute atomic E-state index is 0.0983. The van der Waals surface area contributed by atoms with Crippen LogP contribution in [0.25, 0.3) is 0 Å². The quantitative estimate of drug-likeness (QED) is 0.631. The summed E-state index contributed by atoms with van der Waals surface area (Å²) in [6.45, 7) is 1.71. The van der Waals surface area contributed by atoms with Gasteiger partial charge in [-0.05, 0) is 36.8 Å². The first kappa shape index (κ1) is 15.4. The van der Waals surface area contributed by atoms with E-state index in [0.717, 1.165) is 12.1 Å². The van der Waals surface area contributed by atoms with Crippen molar-refractivity contribution in [3.8, 4) is 0 Å². The minimum Gasteiger partial charge on any atom is -0.373 e. The van der Waals surface area contributed by atoms with Crippen LogP contribution in [0.3, 0.4) is 0 Å². The molecule has 21 heavy (non-hydrogen) atoms. The molecule has 0 aromatic heterocycles. The highest BCUT2D eigenvalue weighted by Gasteiger charge is 2.17. The lowest BCUT2D eigenvalue weighted by Gasteiger charge is -2.16. The van der Waals surface area contributed by atoms with E-state index in [-0.39, 0.29) is 5.69 Å². The van der Waals surface area contributed by atoms with E-state index in [4.69, 9.17) is 0 Å². The number of halogens is 3. The summed E-state index contributed by atoms with van der Waals surface area (Å²) in [5.74, 6) is -1.88. The second-order valence-electron chi connectivity index (χ2n) is 4.46. The predicted molar refractivity (Wildman–Crippen MR) is 79.2 cm³/mol. The number of hydrogen-bond acceptors (Lipinski definition) is 3. The van der Waals surface area contributed by atoms with Crippen LogP contribution in [0.5, 0.6) is 0 Å². The van der Waals surface area contributed by atoms with Crippen LogP contribution < -0.4 is 5.32 Å². The lowest BCUT2D eigenvalue weighted by Crippen LogP contribution is -2.09. The van der Waals surface area contributed by atoms with Crippen molar-refractivity contribution in [1.82, 2.24) is 0 Å². The van der Waals surface area contributed by atoms with Gasteiger partial charge in [-0.15, -0.1) is 0 Å². The number of hydrogen-bond donors (Lipinski definition) is 1.